The number of nitrogens with two attached hydrogens (primary N) is 1. The zero-order valence-electron chi connectivity index (χ0n) is 18.6. The van der Waals surface area contributed by atoms with Gasteiger partial charge < -0.3 is 20.5 Å². The average molecular weight is 479 g/mol. The quantitative estimate of drug-likeness (QED) is 0.401. The number of nitrogens with one attached hydrogen (secondary N) is 1. The lowest BCUT2D eigenvalue weighted by molar-refractivity contribution is 0.0322. The minimum atomic E-state index is -0.104. The maximum atomic E-state index is 12.7. The summed E-state index contributed by atoms with van der Waals surface area (Å²) in [4.78, 5) is 19.8. The first-order chi connectivity index (χ1) is 16.6. The molecule has 1 amide bonds. The van der Waals surface area contributed by atoms with Crippen LogP contribution >= 0.6 is 11.3 Å². The maximum Gasteiger partial charge on any atom is 0.261 e. The molecule has 0 unspecified atom stereocenters. The van der Waals surface area contributed by atoms with Gasteiger partial charge in [-0.05, 0) is 46.8 Å². The zero-order chi connectivity index (χ0) is 23.3. The Morgan fingerprint density at radius 3 is 2.79 bits per heavy atom. The summed E-state index contributed by atoms with van der Waals surface area (Å²) in [7, 11) is 0. The van der Waals surface area contributed by atoms with E-state index < -0.39 is 0 Å². The fraction of sp³-hybridized carbons (Fsp3) is 0.292. The van der Waals surface area contributed by atoms with Gasteiger partial charge in [-0.15, -0.1) is 16.4 Å². The van der Waals surface area contributed by atoms with Crippen LogP contribution in [0.15, 0.2) is 54.0 Å². The SMILES string of the molecule is Nc1nc2ccc(-c3csc(C(=O)NCc4ccc(OCCN5CCOCC5)cc4)c3)cn2n1. The molecule has 0 aliphatic carbocycles. The predicted octanol–water partition coefficient (Wildman–Crippen LogP) is 2.68. The van der Waals surface area contributed by atoms with Gasteiger partial charge in [0.05, 0.1) is 18.1 Å². The monoisotopic (exact) mass is 478 g/mol. The number of anilines is 1. The number of carbonyl (C=O) groups is 1. The molecule has 3 aromatic heterocycles. The molecule has 1 saturated heterocycles. The van der Waals surface area contributed by atoms with Crippen molar-refractivity contribution in [2.45, 2.75) is 6.54 Å². The van der Waals surface area contributed by atoms with Gasteiger partial charge in [0, 0.05) is 37.9 Å². The van der Waals surface area contributed by atoms with Crippen molar-refractivity contribution in [3.8, 4) is 16.9 Å². The molecular formula is C24H26N6O3S. The second-order valence-corrected chi connectivity index (χ2v) is 8.93. The Balaban J connectivity index is 1.12. The molecule has 5 rings (SSSR count). The van der Waals surface area contributed by atoms with Crippen LogP contribution in [0.3, 0.4) is 0 Å². The van der Waals surface area contributed by atoms with E-state index in [1.54, 1.807) is 4.52 Å². The first-order valence-corrected chi connectivity index (χ1v) is 12.0. The summed E-state index contributed by atoms with van der Waals surface area (Å²) in [6.07, 6.45) is 1.85. The number of amides is 1. The van der Waals surface area contributed by atoms with Gasteiger partial charge in [0.25, 0.3) is 5.91 Å². The lowest BCUT2D eigenvalue weighted by Gasteiger charge is -2.26. The second kappa shape index (κ2) is 10.2. The number of hydrogen-bond acceptors (Lipinski definition) is 8. The van der Waals surface area contributed by atoms with Gasteiger partial charge in [0.15, 0.2) is 5.65 Å². The molecule has 1 aliphatic rings. The van der Waals surface area contributed by atoms with Crippen molar-refractivity contribution in [3.05, 3.63) is 64.5 Å². The summed E-state index contributed by atoms with van der Waals surface area (Å²) < 4.78 is 12.8. The third-order valence-corrected chi connectivity index (χ3v) is 6.59. The predicted molar refractivity (Wildman–Crippen MR) is 131 cm³/mol. The molecule has 0 radical (unpaired) electrons. The molecule has 9 nitrogen and oxygen atoms in total. The highest BCUT2D eigenvalue weighted by Crippen LogP contribution is 2.26. The van der Waals surface area contributed by atoms with Gasteiger partial charge in [-0.2, -0.15) is 4.98 Å². The van der Waals surface area contributed by atoms with Crippen LogP contribution in [0.2, 0.25) is 0 Å². The summed E-state index contributed by atoms with van der Waals surface area (Å²) in [6.45, 7) is 5.49. The van der Waals surface area contributed by atoms with E-state index in [9.17, 15) is 4.79 Å². The van der Waals surface area contributed by atoms with Gasteiger partial charge in [-0.25, -0.2) is 4.52 Å². The second-order valence-electron chi connectivity index (χ2n) is 8.02. The number of nitrogen functional groups attached to an aromatic ring is 1. The number of pyridine rings is 1. The van der Waals surface area contributed by atoms with E-state index in [-0.39, 0.29) is 11.9 Å². The number of morpholine rings is 1. The number of ether oxygens (including phenoxy) is 2. The molecule has 0 spiro atoms. The van der Waals surface area contributed by atoms with Crippen LogP contribution in [0.25, 0.3) is 16.8 Å². The van der Waals surface area contributed by atoms with Gasteiger partial charge in [-0.3, -0.25) is 9.69 Å². The van der Waals surface area contributed by atoms with Crippen LogP contribution in [0.5, 0.6) is 5.75 Å². The molecule has 4 heterocycles. The van der Waals surface area contributed by atoms with Crippen LogP contribution in [0, 0.1) is 0 Å². The highest BCUT2D eigenvalue weighted by molar-refractivity contribution is 7.12. The largest absolute Gasteiger partial charge is 0.492 e. The number of fused-ring (bicyclic) bond motifs is 1. The van der Waals surface area contributed by atoms with Crippen LogP contribution < -0.4 is 15.8 Å². The zero-order valence-corrected chi connectivity index (χ0v) is 19.5. The lowest BCUT2D eigenvalue weighted by Crippen LogP contribution is -2.38. The summed E-state index contributed by atoms with van der Waals surface area (Å²) >= 11 is 1.41. The van der Waals surface area contributed by atoms with Crippen molar-refractivity contribution in [1.82, 2.24) is 24.8 Å². The van der Waals surface area contributed by atoms with Crippen LogP contribution in [-0.4, -0.2) is 64.9 Å². The Hall–Kier alpha value is -3.47. The first-order valence-electron chi connectivity index (χ1n) is 11.1. The number of thiophene rings is 1. The van der Waals surface area contributed by atoms with Crippen LogP contribution in [-0.2, 0) is 11.3 Å². The molecule has 0 atom stereocenters. The third kappa shape index (κ3) is 5.36. The van der Waals surface area contributed by atoms with Gasteiger partial charge >= 0.3 is 0 Å². The standard InChI is InChI=1S/C24H26N6O3S/c25-24-27-22-6-3-18(15-30(22)28-24)19-13-21(34-16-19)23(31)26-14-17-1-4-20(5-2-17)33-12-9-29-7-10-32-11-8-29/h1-6,13,15-16H,7-12,14H2,(H2,25,28)(H,26,31). The smallest absolute Gasteiger partial charge is 0.261 e. The maximum absolute atomic E-state index is 12.7. The molecule has 0 bridgehead atoms. The van der Waals surface area contributed by atoms with E-state index in [2.05, 4.69) is 20.3 Å². The third-order valence-electron chi connectivity index (χ3n) is 5.66. The molecule has 3 N–H and O–H groups in total. The first kappa shape index (κ1) is 22.3. The minimum absolute atomic E-state index is 0.104. The van der Waals surface area contributed by atoms with Crippen LogP contribution in [0.4, 0.5) is 5.95 Å². The van der Waals surface area contributed by atoms with Crippen LogP contribution in [0.1, 0.15) is 15.2 Å². The Bertz CT molecular complexity index is 1260. The summed E-state index contributed by atoms with van der Waals surface area (Å²) in [5.41, 5.74) is 9.24. The number of aromatic nitrogens is 3. The molecule has 176 valence electrons. The van der Waals surface area contributed by atoms with Crippen molar-refractivity contribution in [2.75, 3.05) is 45.2 Å². The minimum Gasteiger partial charge on any atom is -0.492 e. The number of rotatable bonds is 8. The normalized spacial score (nSPS) is 14.4. The van der Waals surface area contributed by atoms with E-state index in [0.29, 0.717) is 23.7 Å². The van der Waals surface area contributed by atoms with E-state index in [1.165, 1.54) is 11.3 Å². The molecule has 1 fully saturated rings. The molecule has 0 saturated carbocycles. The molecule has 1 aromatic carbocycles. The van der Waals surface area contributed by atoms with Crippen molar-refractivity contribution in [3.63, 3.8) is 0 Å². The average Bonchev–Trinajstić information content (AvgIpc) is 3.50. The Morgan fingerprint density at radius 2 is 1.97 bits per heavy atom. The molecule has 34 heavy (non-hydrogen) atoms. The fourth-order valence-electron chi connectivity index (χ4n) is 3.77. The van der Waals surface area contributed by atoms with Gasteiger partial charge in [0.2, 0.25) is 5.95 Å². The number of nitrogens with zero attached hydrogens (tertiary/aromatic N) is 4. The van der Waals surface area contributed by atoms with E-state index in [0.717, 1.165) is 55.3 Å². The van der Waals surface area contributed by atoms with E-state index in [4.69, 9.17) is 15.2 Å². The van der Waals surface area contributed by atoms with Crippen molar-refractivity contribution in [2.24, 2.45) is 0 Å². The topological polar surface area (TPSA) is 107 Å². The van der Waals surface area contributed by atoms with E-state index >= 15 is 0 Å². The molecule has 1 aliphatic heterocycles. The Morgan fingerprint density at radius 1 is 1.15 bits per heavy atom. The summed E-state index contributed by atoms with van der Waals surface area (Å²) in [5.74, 6) is 0.959. The van der Waals surface area contributed by atoms with Crippen molar-refractivity contribution >= 4 is 28.8 Å². The summed E-state index contributed by atoms with van der Waals surface area (Å²) in [6, 6.07) is 13.5. The fourth-order valence-corrected chi connectivity index (χ4v) is 4.60. The number of hydrogen-bond donors (Lipinski definition) is 2. The highest BCUT2D eigenvalue weighted by Gasteiger charge is 2.12. The van der Waals surface area contributed by atoms with Crippen molar-refractivity contribution in [1.29, 1.82) is 0 Å². The molecular weight excluding hydrogens is 452 g/mol. The van der Waals surface area contributed by atoms with Gasteiger partial charge in [-0.1, -0.05) is 12.1 Å². The number of carbonyl (C=O) groups excluding carboxylic acids is 1. The summed E-state index contributed by atoms with van der Waals surface area (Å²) in [5, 5.41) is 9.08. The Kier molecular flexibility index (Phi) is 6.70. The molecule has 4 aromatic rings. The number of benzene rings is 1. The van der Waals surface area contributed by atoms with Gasteiger partial charge in [0.1, 0.15) is 12.4 Å². The van der Waals surface area contributed by atoms with Crippen molar-refractivity contribution < 1.29 is 14.3 Å². The van der Waals surface area contributed by atoms with E-state index in [1.807, 2.05) is 54.0 Å². The highest BCUT2D eigenvalue weighted by atomic mass is 32.1. The lowest BCUT2D eigenvalue weighted by atomic mass is 10.1. The Labute approximate surface area is 201 Å². The molecule has 10 heteroatoms.